The zero-order valence-electron chi connectivity index (χ0n) is 19.4. The predicted octanol–water partition coefficient (Wildman–Crippen LogP) is 5.60. The van der Waals surface area contributed by atoms with E-state index in [1.54, 1.807) is 26.4 Å². The number of nitrogens with zero attached hydrogens (tertiary/aromatic N) is 2. The van der Waals surface area contributed by atoms with E-state index in [0.29, 0.717) is 45.2 Å². The summed E-state index contributed by atoms with van der Waals surface area (Å²) in [4.78, 5) is 23.4. The molecule has 176 valence electrons. The van der Waals surface area contributed by atoms with E-state index in [-0.39, 0.29) is 12.5 Å². The van der Waals surface area contributed by atoms with Crippen LogP contribution in [0.4, 0.5) is 5.69 Å². The molecule has 1 N–H and O–H groups in total. The SMILES string of the molecule is CCOc1ccc(Oc2ccccc2NC(=O)c2sc3nc(COC)nc(OC)c3c2C)cc1. The first kappa shape index (κ1) is 23.5. The standard InChI is InChI=1S/C25H25N3O5S/c1-5-32-16-10-12-17(13-11-16)33-19-9-7-6-8-18(19)26-23(29)22-15(2)21-24(31-4)27-20(14-30-3)28-25(21)34-22/h6-13H,5,14H2,1-4H3,(H,26,29). The average molecular weight is 480 g/mol. The van der Waals surface area contributed by atoms with E-state index in [4.69, 9.17) is 18.9 Å². The normalized spacial score (nSPS) is 10.8. The second-order valence-electron chi connectivity index (χ2n) is 7.28. The van der Waals surface area contributed by atoms with Gasteiger partial charge in [-0.25, -0.2) is 4.98 Å². The van der Waals surface area contributed by atoms with Crippen LogP contribution in [0.3, 0.4) is 0 Å². The van der Waals surface area contributed by atoms with E-state index in [0.717, 1.165) is 16.7 Å². The minimum atomic E-state index is -0.265. The Hall–Kier alpha value is -3.69. The summed E-state index contributed by atoms with van der Waals surface area (Å²) < 4.78 is 22.1. The van der Waals surface area contributed by atoms with Gasteiger partial charge in [-0.3, -0.25) is 4.79 Å². The highest BCUT2D eigenvalue weighted by Crippen LogP contribution is 2.36. The number of amides is 1. The van der Waals surface area contributed by atoms with E-state index >= 15 is 0 Å². The lowest BCUT2D eigenvalue weighted by molar-refractivity contribution is 0.102. The van der Waals surface area contributed by atoms with Crippen LogP contribution in [-0.4, -0.2) is 36.7 Å². The quantitative estimate of drug-likeness (QED) is 0.334. The molecule has 2 heterocycles. The number of nitrogens with one attached hydrogen (secondary N) is 1. The lowest BCUT2D eigenvalue weighted by Crippen LogP contribution is -2.12. The fourth-order valence-electron chi connectivity index (χ4n) is 3.44. The number of aryl methyl sites for hydroxylation is 1. The predicted molar refractivity (Wildman–Crippen MR) is 131 cm³/mol. The third-order valence-electron chi connectivity index (χ3n) is 4.97. The third-order valence-corrected chi connectivity index (χ3v) is 6.16. The lowest BCUT2D eigenvalue weighted by atomic mass is 10.2. The molecule has 0 aliphatic carbocycles. The molecule has 34 heavy (non-hydrogen) atoms. The zero-order chi connectivity index (χ0) is 24.1. The molecule has 0 radical (unpaired) electrons. The van der Waals surface area contributed by atoms with Crippen LogP contribution in [0.2, 0.25) is 0 Å². The van der Waals surface area contributed by atoms with Crippen molar-refractivity contribution in [3.05, 3.63) is 64.8 Å². The Balaban J connectivity index is 1.60. The Morgan fingerprint density at radius 2 is 1.76 bits per heavy atom. The van der Waals surface area contributed by atoms with E-state index in [1.807, 2.05) is 50.2 Å². The van der Waals surface area contributed by atoms with Crippen molar-refractivity contribution in [2.75, 3.05) is 26.1 Å². The smallest absolute Gasteiger partial charge is 0.266 e. The maximum Gasteiger partial charge on any atom is 0.266 e. The summed E-state index contributed by atoms with van der Waals surface area (Å²) in [6.07, 6.45) is 0. The molecular formula is C25H25N3O5S. The molecule has 0 unspecified atom stereocenters. The Bertz CT molecular complexity index is 1300. The highest BCUT2D eigenvalue weighted by atomic mass is 32.1. The Labute approximate surface area is 201 Å². The van der Waals surface area contributed by atoms with Crippen molar-refractivity contribution in [2.45, 2.75) is 20.5 Å². The van der Waals surface area contributed by atoms with Gasteiger partial charge in [0.05, 0.1) is 29.7 Å². The molecule has 4 rings (SSSR count). The van der Waals surface area contributed by atoms with Gasteiger partial charge in [0.15, 0.2) is 11.6 Å². The van der Waals surface area contributed by atoms with Gasteiger partial charge in [0, 0.05) is 7.11 Å². The molecule has 9 heteroatoms. The molecule has 0 aliphatic rings. The number of carbonyl (C=O) groups excluding carboxylic acids is 1. The van der Waals surface area contributed by atoms with Crippen LogP contribution in [0.1, 0.15) is 28.0 Å². The molecule has 0 saturated carbocycles. The molecule has 2 aromatic carbocycles. The van der Waals surface area contributed by atoms with Crippen LogP contribution >= 0.6 is 11.3 Å². The number of hydrogen-bond acceptors (Lipinski definition) is 8. The molecule has 0 aliphatic heterocycles. The van der Waals surface area contributed by atoms with Gasteiger partial charge in [0.25, 0.3) is 5.91 Å². The maximum absolute atomic E-state index is 13.2. The summed E-state index contributed by atoms with van der Waals surface area (Å²) in [5.74, 6) is 2.58. The van der Waals surface area contributed by atoms with Gasteiger partial charge in [-0.1, -0.05) is 12.1 Å². The van der Waals surface area contributed by atoms with Gasteiger partial charge in [0.2, 0.25) is 5.88 Å². The van der Waals surface area contributed by atoms with Gasteiger partial charge < -0.3 is 24.3 Å². The van der Waals surface area contributed by atoms with E-state index in [9.17, 15) is 4.79 Å². The third kappa shape index (κ3) is 4.95. The number of fused-ring (bicyclic) bond motifs is 1. The Morgan fingerprint density at radius 1 is 1.03 bits per heavy atom. The van der Waals surface area contributed by atoms with E-state index < -0.39 is 0 Å². The number of benzene rings is 2. The summed E-state index contributed by atoms with van der Waals surface area (Å²) in [7, 11) is 3.12. The Kier molecular flexibility index (Phi) is 7.24. The second kappa shape index (κ2) is 10.5. The fraction of sp³-hybridized carbons (Fsp3) is 0.240. The van der Waals surface area contributed by atoms with Crippen LogP contribution < -0.4 is 19.5 Å². The number of methoxy groups -OCH3 is 2. The number of ether oxygens (including phenoxy) is 4. The number of rotatable bonds is 9. The van der Waals surface area contributed by atoms with E-state index in [1.165, 1.54) is 11.3 Å². The highest BCUT2D eigenvalue weighted by molar-refractivity contribution is 7.20. The van der Waals surface area contributed by atoms with Gasteiger partial charge in [0.1, 0.15) is 22.9 Å². The van der Waals surface area contributed by atoms with Crippen molar-refractivity contribution >= 4 is 33.1 Å². The zero-order valence-corrected chi connectivity index (χ0v) is 20.2. The number of hydrogen-bond donors (Lipinski definition) is 1. The molecule has 0 fully saturated rings. The summed E-state index contributed by atoms with van der Waals surface area (Å²) in [6.45, 7) is 4.64. The van der Waals surface area contributed by atoms with Crippen molar-refractivity contribution in [1.82, 2.24) is 9.97 Å². The van der Waals surface area contributed by atoms with Crippen molar-refractivity contribution < 1.29 is 23.7 Å². The van der Waals surface area contributed by atoms with Crippen LogP contribution in [-0.2, 0) is 11.3 Å². The van der Waals surface area contributed by atoms with Crippen molar-refractivity contribution in [2.24, 2.45) is 0 Å². The fourth-order valence-corrected chi connectivity index (χ4v) is 4.52. The maximum atomic E-state index is 13.2. The van der Waals surface area contributed by atoms with Crippen LogP contribution in [0.15, 0.2) is 48.5 Å². The van der Waals surface area contributed by atoms with Crippen LogP contribution in [0.25, 0.3) is 10.2 Å². The number of carbonyl (C=O) groups is 1. The molecule has 8 nitrogen and oxygen atoms in total. The minimum absolute atomic E-state index is 0.251. The monoisotopic (exact) mass is 479 g/mol. The van der Waals surface area contributed by atoms with Crippen molar-refractivity contribution in [3.63, 3.8) is 0 Å². The largest absolute Gasteiger partial charge is 0.494 e. The second-order valence-corrected chi connectivity index (χ2v) is 8.27. The molecule has 4 aromatic rings. The molecular weight excluding hydrogens is 454 g/mol. The number of thiophene rings is 1. The van der Waals surface area contributed by atoms with Crippen molar-refractivity contribution in [3.8, 4) is 23.1 Å². The molecule has 0 saturated heterocycles. The summed E-state index contributed by atoms with van der Waals surface area (Å²) in [5, 5.41) is 3.68. The van der Waals surface area contributed by atoms with Gasteiger partial charge >= 0.3 is 0 Å². The van der Waals surface area contributed by atoms with Gasteiger partial charge in [-0.15, -0.1) is 11.3 Å². The topological polar surface area (TPSA) is 91.8 Å². The molecule has 2 aromatic heterocycles. The van der Waals surface area contributed by atoms with E-state index in [2.05, 4.69) is 15.3 Å². The highest BCUT2D eigenvalue weighted by Gasteiger charge is 2.22. The first-order valence-electron chi connectivity index (χ1n) is 10.7. The Morgan fingerprint density at radius 3 is 2.47 bits per heavy atom. The minimum Gasteiger partial charge on any atom is -0.494 e. The lowest BCUT2D eigenvalue weighted by Gasteiger charge is -2.12. The first-order valence-corrected chi connectivity index (χ1v) is 11.5. The summed E-state index contributed by atoms with van der Waals surface area (Å²) in [5.41, 5.74) is 1.31. The molecule has 0 spiro atoms. The molecule has 0 bridgehead atoms. The van der Waals surface area contributed by atoms with Gasteiger partial charge in [-0.2, -0.15) is 4.98 Å². The number of para-hydroxylation sites is 2. The molecule has 1 amide bonds. The number of aromatic nitrogens is 2. The summed E-state index contributed by atoms with van der Waals surface area (Å²) >= 11 is 1.28. The first-order chi connectivity index (χ1) is 16.5. The van der Waals surface area contributed by atoms with Crippen LogP contribution in [0, 0.1) is 6.92 Å². The van der Waals surface area contributed by atoms with Crippen molar-refractivity contribution in [1.29, 1.82) is 0 Å². The van der Waals surface area contributed by atoms with Crippen LogP contribution in [0.5, 0.6) is 23.1 Å². The summed E-state index contributed by atoms with van der Waals surface area (Å²) in [6, 6.07) is 14.6. The average Bonchev–Trinajstić information content (AvgIpc) is 3.18. The van der Waals surface area contributed by atoms with Gasteiger partial charge in [-0.05, 0) is 55.8 Å². The number of anilines is 1. The molecule has 0 atom stereocenters.